The van der Waals surface area contributed by atoms with Gasteiger partial charge in [-0.05, 0) is 12.1 Å². The highest BCUT2D eigenvalue weighted by Gasteiger charge is 2.19. The van der Waals surface area contributed by atoms with Crippen LogP contribution in [0.5, 0.6) is 0 Å². The van der Waals surface area contributed by atoms with Gasteiger partial charge in [-0.1, -0.05) is 0 Å². The fraction of sp³-hybridized carbons (Fsp3) is 0.0833. The lowest BCUT2D eigenvalue weighted by molar-refractivity contribution is -0.384. The van der Waals surface area contributed by atoms with Crippen LogP contribution in [0.1, 0.15) is 21.0 Å². The average molecular weight is 289 g/mol. The number of H-pyrrole nitrogens is 1. The number of rotatable bonds is 4. The molecule has 1 aromatic carbocycles. The average Bonchev–Trinajstić information content (AvgIpc) is 2.96. The number of nitro benzene ring substituents is 1. The number of aromatic nitrogens is 2. The molecule has 0 bridgehead atoms. The maximum Gasteiger partial charge on any atom is 0.276 e. The number of imidazole rings is 1. The number of benzene rings is 1. The summed E-state index contributed by atoms with van der Waals surface area (Å²) in [6, 6.07) is 5.31. The van der Waals surface area contributed by atoms with E-state index < -0.39 is 16.7 Å². The quantitative estimate of drug-likeness (QED) is 0.569. The summed E-state index contributed by atoms with van der Waals surface area (Å²) in [7, 11) is 1.43. The third kappa shape index (κ3) is 3.03. The van der Waals surface area contributed by atoms with E-state index in [-0.39, 0.29) is 17.1 Å². The molecule has 0 aliphatic rings. The molecule has 0 saturated carbocycles. The van der Waals surface area contributed by atoms with Gasteiger partial charge in [0.15, 0.2) is 5.69 Å². The Morgan fingerprint density at radius 3 is 2.48 bits per heavy atom. The van der Waals surface area contributed by atoms with Gasteiger partial charge in [0.2, 0.25) is 0 Å². The molecule has 0 atom stereocenters. The smallest absolute Gasteiger partial charge is 0.276 e. The molecule has 0 unspecified atom stereocenters. The first-order valence-electron chi connectivity index (χ1n) is 5.84. The largest absolute Gasteiger partial charge is 0.354 e. The number of nitrogens with zero attached hydrogens (tertiary/aromatic N) is 2. The van der Waals surface area contributed by atoms with Gasteiger partial charge in [0.05, 0.1) is 11.3 Å². The van der Waals surface area contributed by atoms with Gasteiger partial charge < -0.3 is 15.6 Å². The van der Waals surface area contributed by atoms with Crippen molar-refractivity contribution in [3.8, 4) is 0 Å². The molecular weight excluding hydrogens is 278 g/mol. The van der Waals surface area contributed by atoms with Crippen molar-refractivity contribution in [3.05, 3.63) is 52.1 Å². The number of anilines is 1. The lowest BCUT2D eigenvalue weighted by Crippen LogP contribution is -2.23. The van der Waals surface area contributed by atoms with Crippen LogP contribution in [0.15, 0.2) is 30.6 Å². The van der Waals surface area contributed by atoms with Gasteiger partial charge in [0.1, 0.15) is 5.69 Å². The van der Waals surface area contributed by atoms with Crippen molar-refractivity contribution < 1.29 is 14.5 Å². The Kier molecular flexibility index (Phi) is 3.93. The van der Waals surface area contributed by atoms with Gasteiger partial charge in [0, 0.05) is 24.9 Å². The molecule has 108 valence electrons. The van der Waals surface area contributed by atoms with Gasteiger partial charge in [-0.15, -0.1) is 0 Å². The van der Waals surface area contributed by atoms with Gasteiger partial charge in [0.25, 0.3) is 17.5 Å². The van der Waals surface area contributed by atoms with E-state index in [9.17, 15) is 19.7 Å². The molecule has 0 spiro atoms. The Morgan fingerprint density at radius 1 is 1.24 bits per heavy atom. The SMILES string of the molecule is CNC(=O)c1[nH]cnc1C(=O)Nc1ccc([N+](=O)[O-])cc1. The molecule has 0 fully saturated rings. The predicted octanol–water partition coefficient (Wildman–Crippen LogP) is 0.930. The van der Waals surface area contributed by atoms with E-state index in [1.54, 1.807) is 0 Å². The molecular formula is C12H11N5O4. The van der Waals surface area contributed by atoms with E-state index >= 15 is 0 Å². The lowest BCUT2D eigenvalue weighted by atomic mass is 10.2. The summed E-state index contributed by atoms with van der Waals surface area (Å²) in [4.78, 5) is 39.9. The van der Waals surface area contributed by atoms with Crippen molar-refractivity contribution in [2.24, 2.45) is 0 Å². The first kappa shape index (κ1) is 14.2. The molecule has 1 aromatic heterocycles. The minimum atomic E-state index is -0.594. The van der Waals surface area contributed by atoms with E-state index in [1.807, 2.05) is 0 Å². The molecule has 2 amide bonds. The molecule has 2 rings (SSSR count). The Balaban J connectivity index is 2.16. The van der Waals surface area contributed by atoms with Crippen molar-refractivity contribution in [3.63, 3.8) is 0 Å². The number of nitro groups is 1. The van der Waals surface area contributed by atoms with Crippen molar-refractivity contribution >= 4 is 23.2 Å². The molecule has 0 aliphatic carbocycles. The number of hydrogen-bond acceptors (Lipinski definition) is 5. The zero-order chi connectivity index (χ0) is 15.4. The van der Waals surface area contributed by atoms with E-state index in [1.165, 1.54) is 37.6 Å². The van der Waals surface area contributed by atoms with E-state index in [0.717, 1.165) is 0 Å². The first-order valence-corrected chi connectivity index (χ1v) is 5.84. The van der Waals surface area contributed by atoms with Crippen LogP contribution in [0.25, 0.3) is 0 Å². The highest BCUT2D eigenvalue weighted by Crippen LogP contribution is 2.16. The molecule has 1 heterocycles. The van der Waals surface area contributed by atoms with E-state index in [0.29, 0.717) is 5.69 Å². The van der Waals surface area contributed by atoms with Crippen LogP contribution in [0.3, 0.4) is 0 Å². The van der Waals surface area contributed by atoms with E-state index in [2.05, 4.69) is 20.6 Å². The standard InChI is InChI=1S/C12H11N5O4/c1-13-11(18)9-10(15-6-14-9)12(19)16-7-2-4-8(5-3-7)17(20)21/h2-6H,1H3,(H,13,18)(H,14,15)(H,16,19). The monoisotopic (exact) mass is 289 g/mol. The van der Waals surface area contributed by atoms with Crippen LogP contribution in [0.2, 0.25) is 0 Å². The summed E-state index contributed by atoms with van der Waals surface area (Å²) in [5.74, 6) is -1.06. The predicted molar refractivity (Wildman–Crippen MR) is 73.0 cm³/mol. The molecule has 9 nitrogen and oxygen atoms in total. The molecule has 3 N–H and O–H groups in total. The van der Waals surface area contributed by atoms with Crippen LogP contribution in [0, 0.1) is 10.1 Å². The van der Waals surface area contributed by atoms with Gasteiger partial charge in [-0.25, -0.2) is 4.98 Å². The number of nitrogens with one attached hydrogen (secondary N) is 3. The van der Waals surface area contributed by atoms with Crippen LogP contribution in [-0.4, -0.2) is 33.8 Å². The fourth-order valence-corrected chi connectivity index (χ4v) is 1.62. The maximum absolute atomic E-state index is 12.0. The van der Waals surface area contributed by atoms with Crippen molar-refractivity contribution in [2.75, 3.05) is 12.4 Å². The Morgan fingerprint density at radius 2 is 1.90 bits per heavy atom. The zero-order valence-corrected chi connectivity index (χ0v) is 10.9. The van der Waals surface area contributed by atoms with Gasteiger partial charge >= 0.3 is 0 Å². The van der Waals surface area contributed by atoms with Crippen LogP contribution in [-0.2, 0) is 0 Å². The second kappa shape index (κ2) is 5.82. The zero-order valence-electron chi connectivity index (χ0n) is 10.9. The molecule has 0 radical (unpaired) electrons. The molecule has 21 heavy (non-hydrogen) atoms. The molecule has 2 aromatic rings. The summed E-state index contributed by atoms with van der Waals surface area (Å²) in [5.41, 5.74) is 0.250. The van der Waals surface area contributed by atoms with Crippen LogP contribution < -0.4 is 10.6 Å². The summed E-state index contributed by atoms with van der Waals surface area (Å²) in [6.45, 7) is 0. The molecule has 0 saturated heterocycles. The number of amides is 2. The van der Waals surface area contributed by atoms with Crippen molar-refractivity contribution in [1.82, 2.24) is 15.3 Å². The minimum absolute atomic E-state index is 0.0388. The third-order valence-electron chi connectivity index (χ3n) is 2.64. The maximum atomic E-state index is 12.0. The Hall–Kier alpha value is -3.23. The second-order valence-electron chi connectivity index (χ2n) is 3.96. The van der Waals surface area contributed by atoms with Gasteiger partial charge in [-0.2, -0.15) is 0 Å². The van der Waals surface area contributed by atoms with Crippen molar-refractivity contribution in [1.29, 1.82) is 0 Å². The second-order valence-corrected chi connectivity index (χ2v) is 3.96. The fourth-order valence-electron chi connectivity index (χ4n) is 1.62. The topological polar surface area (TPSA) is 130 Å². The number of carbonyl (C=O) groups is 2. The Labute approximate surface area is 118 Å². The number of non-ortho nitro benzene ring substituents is 1. The minimum Gasteiger partial charge on any atom is -0.354 e. The number of carbonyl (C=O) groups excluding carboxylic acids is 2. The summed E-state index contributed by atoms with van der Waals surface area (Å²) in [5, 5.41) is 15.4. The van der Waals surface area contributed by atoms with Crippen molar-refractivity contribution in [2.45, 2.75) is 0 Å². The van der Waals surface area contributed by atoms with Crippen LogP contribution >= 0.6 is 0 Å². The molecule has 9 heteroatoms. The highest BCUT2D eigenvalue weighted by atomic mass is 16.6. The number of aromatic amines is 1. The highest BCUT2D eigenvalue weighted by molar-refractivity contribution is 6.10. The molecule has 0 aliphatic heterocycles. The van der Waals surface area contributed by atoms with Crippen LogP contribution in [0.4, 0.5) is 11.4 Å². The lowest BCUT2D eigenvalue weighted by Gasteiger charge is -2.04. The third-order valence-corrected chi connectivity index (χ3v) is 2.64. The summed E-state index contributed by atoms with van der Waals surface area (Å²) in [6.07, 6.45) is 1.23. The van der Waals surface area contributed by atoms with E-state index in [4.69, 9.17) is 0 Å². The van der Waals surface area contributed by atoms with Gasteiger partial charge in [-0.3, -0.25) is 19.7 Å². The first-order chi connectivity index (χ1) is 10.0. The Bertz CT molecular complexity index is 692. The number of hydrogen-bond donors (Lipinski definition) is 3. The summed E-state index contributed by atoms with van der Waals surface area (Å²) >= 11 is 0. The normalized spacial score (nSPS) is 9.95. The summed E-state index contributed by atoms with van der Waals surface area (Å²) < 4.78 is 0.